The van der Waals surface area contributed by atoms with Crippen molar-refractivity contribution in [2.24, 2.45) is 5.73 Å². The lowest BCUT2D eigenvalue weighted by Gasteiger charge is -2.21. The normalized spacial score (nSPS) is 19.4. The van der Waals surface area contributed by atoms with Crippen molar-refractivity contribution in [1.82, 2.24) is 21.3 Å². The van der Waals surface area contributed by atoms with Gasteiger partial charge in [-0.2, -0.15) is 0 Å². The van der Waals surface area contributed by atoms with Crippen LogP contribution in [0.25, 0.3) is 0 Å². The van der Waals surface area contributed by atoms with E-state index < -0.39 is 41.8 Å². The molecule has 0 bridgehead atoms. The Bertz CT molecular complexity index is 590. The first-order valence-corrected chi connectivity index (χ1v) is 8.77. The van der Waals surface area contributed by atoms with Crippen LogP contribution in [0.5, 0.6) is 0 Å². The first kappa shape index (κ1) is 22.4. The molecule has 1 rings (SSSR count). The summed E-state index contributed by atoms with van der Waals surface area (Å²) in [5.41, 5.74) is 4.98. The Kier molecular flexibility index (Phi) is 8.66. The summed E-state index contributed by atoms with van der Waals surface area (Å²) in [6.07, 6.45) is 1.23. The maximum atomic E-state index is 12.1. The molecule has 11 nitrogen and oxygen atoms in total. The zero-order chi connectivity index (χ0) is 20.6. The number of carboxylic acid groups (broad SMARTS) is 1. The number of amides is 4. The molecule has 1 aliphatic rings. The van der Waals surface area contributed by atoms with Gasteiger partial charge >= 0.3 is 5.97 Å². The molecule has 0 aromatic heterocycles. The van der Waals surface area contributed by atoms with E-state index in [2.05, 4.69) is 21.3 Å². The predicted molar refractivity (Wildman–Crippen MR) is 94.2 cm³/mol. The fourth-order valence-corrected chi connectivity index (χ4v) is 2.53. The van der Waals surface area contributed by atoms with E-state index in [4.69, 9.17) is 10.8 Å². The molecular formula is C16H27N5O6. The van der Waals surface area contributed by atoms with E-state index >= 15 is 0 Å². The lowest BCUT2D eigenvalue weighted by atomic mass is 10.1. The number of hydrogen-bond donors (Lipinski definition) is 6. The largest absolute Gasteiger partial charge is 0.480 e. The maximum absolute atomic E-state index is 12.1. The van der Waals surface area contributed by atoms with Gasteiger partial charge in [-0.05, 0) is 39.7 Å². The Hall–Kier alpha value is -2.69. The van der Waals surface area contributed by atoms with Crippen LogP contribution < -0.4 is 27.0 Å². The molecule has 0 radical (unpaired) electrons. The van der Waals surface area contributed by atoms with Crippen LogP contribution in [0.15, 0.2) is 0 Å². The molecular weight excluding hydrogens is 358 g/mol. The number of primary amides is 1. The summed E-state index contributed by atoms with van der Waals surface area (Å²) in [4.78, 5) is 58.1. The van der Waals surface area contributed by atoms with Crippen LogP contribution in [0.2, 0.25) is 0 Å². The average molecular weight is 385 g/mol. The van der Waals surface area contributed by atoms with Gasteiger partial charge in [-0.1, -0.05) is 0 Å². The third-order valence-corrected chi connectivity index (χ3v) is 4.17. The second-order valence-corrected chi connectivity index (χ2v) is 6.51. The molecule has 11 heteroatoms. The van der Waals surface area contributed by atoms with Crippen molar-refractivity contribution in [2.45, 2.75) is 63.7 Å². The second-order valence-electron chi connectivity index (χ2n) is 6.51. The Balaban J connectivity index is 2.49. The average Bonchev–Trinajstić information content (AvgIpc) is 3.12. The minimum absolute atomic E-state index is 0.155. The highest BCUT2D eigenvalue weighted by atomic mass is 16.4. The van der Waals surface area contributed by atoms with Crippen molar-refractivity contribution in [3.8, 4) is 0 Å². The molecule has 152 valence electrons. The quantitative estimate of drug-likeness (QED) is 0.242. The predicted octanol–water partition coefficient (Wildman–Crippen LogP) is -2.42. The van der Waals surface area contributed by atoms with Crippen LogP contribution in [0.3, 0.4) is 0 Å². The second kappa shape index (κ2) is 10.5. The molecule has 0 spiro atoms. The number of hydrogen-bond acceptors (Lipinski definition) is 6. The van der Waals surface area contributed by atoms with Crippen LogP contribution in [-0.2, 0) is 24.0 Å². The molecule has 4 amide bonds. The van der Waals surface area contributed by atoms with Crippen molar-refractivity contribution in [3.05, 3.63) is 0 Å². The first-order chi connectivity index (χ1) is 12.6. The van der Waals surface area contributed by atoms with Gasteiger partial charge in [0.05, 0.1) is 6.04 Å². The maximum Gasteiger partial charge on any atom is 0.326 e. The van der Waals surface area contributed by atoms with Crippen LogP contribution >= 0.6 is 0 Å². The molecule has 4 unspecified atom stereocenters. The lowest BCUT2D eigenvalue weighted by Crippen LogP contribution is -2.55. The number of aliphatic carboxylic acids is 1. The standard InChI is InChI=1S/C16H27N5O6/c1-8(20-15(25)10-4-3-7-18-10)13(23)19-9(2)14(24)21-11(16(26)27)5-6-12(17)22/h8-11,18H,3-7H2,1-2H3,(H2,17,22)(H,19,23)(H,20,25)(H,21,24)(H,26,27). The Morgan fingerprint density at radius 1 is 1.07 bits per heavy atom. The Morgan fingerprint density at radius 3 is 2.19 bits per heavy atom. The molecule has 0 aliphatic carbocycles. The molecule has 1 fully saturated rings. The van der Waals surface area contributed by atoms with E-state index in [1.807, 2.05) is 0 Å². The third-order valence-electron chi connectivity index (χ3n) is 4.17. The fraction of sp³-hybridized carbons (Fsp3) is 0.688. The van der Waals surface area contributed by atoms with Crippen molar-refractivity contribution < 1.29 is 29.1 Å². The van der Waals surface area contributed by atoms with Gasteiger partial charge in [-0.25, -0.2) is 4.79 Å². The summed E-state index contributed by atoms with van der Waals surface area (Å²) in [5, 5.41) is 19.3. The van der Waals surface area contributed by atoms with Gasteiger partial charge in [0.25, 0.3) is 0 Å². The van der Waals surface area contributed by atoms with E-state index in [1.165, 1.54) is 13.8 Å². The first-order valence-electron chi connectivity index (χ1n) is 8.77. The number of carbonyl (C=O) groups is 5. The van der Waals surface area contributed by atoms with Gasteiger partial charge < -0.3 is 32.1 Å². The Morgan fingerprint density at radius 2 is 1.67 bits per heavy atom. The highest BCUT2D eigenvalue weighted by molar-refractivity contribution is 5.93. The molecule has 1 heterocycles. The van der Waals surface area contributed by atoms with E-state index in [0.717, 1.165) is 13.0 Å². The van der Waals surface area contributed by atoms with Gasteiger partial charge in [0.2, 0.25) is 23.6 Å². The van der Waals surface area contributed by atoms with Gasteiger partial charge in [0.1, 0.15) is 18.1 Å². The van der Waals surface area contributed by atoms with Crippen molar-refractivity contribution in [1.29, 1.82) is 0 Å². The topological polar surface area (TPSA) is 180 Å². The monoisotopic (exact) mass is 385 g/mol. The summed E-state index contributed by atoms with van der Waals surface area (Å²) < 4.78 is 0. The summed E-state index contributed by atoms with van der Waals surface area (Å²) in [6.45, 7) is 3.61. The van der Waals surface area contributed by atoms with E-state index in [-0.39, 0.29) is 24.8 Å². The highest BCUT2D eigenvalue weighted by Gasteiger charge is 2.28. The van der Waals surface area contributed by atoms with Crippen LogP contribution in [0, 0.1) is 0 Å². The zero-order valence-corrected chi connectivity index (χ0v) is 15.4. The minimum atomic E-state index is -1.31. The highest BCUT2D eigenvalue weighted by Crippen LogP contribution is 2.05. The smallest absolute Gasteiger partial charge is 0.326 e. The van der Waals surface area contributed by atoms with Crippen LogP contribution in [-0.4, -0.2) is 65.4 Å². The van der Waals surface area contributed by atoms with E-state index in [9.17, 15) is 24.0 Å². The molecule has 0 aromatic carbocycles. The van der Waals surface area contributed by atoms with Crippen molar-refractivity contribution in [2.75, 3.05) is 6.54 Å². The molecule has 4 atom stereocenters. The van der Waals surface area contributed by atoms with Gasteiger partial charge in [0.15, 0.2) is 0 Å². The summed E-state index contributed by atoms with van der Waals surface area (Å²) in [7, 11) is 0. The van der Waals surface area contributed by atoms with Gasteiger partial charge in [-0.15, -0.1) is 0 Å². The molecule has 1 aliphatic heterocycles. The molecule has 1 saturated heterocycles. The van der Waals surface area contributed by atoms with Gasteiger partial charge in [-0.3, -0.25) is 19.2 Å². The SMILES string of the molecule is CC(NC(=O)C(C)NC(=O)C1CCCN1)C(=O)NC(CCC(N)=O)C(=O)O. The lowest BCUT2D eigenvalue weighted by molar-refractivity contribution is -0.142. The van der Waals surface area contributed by atoms with Crippen LogP contribution in [0.4, 0.5) is 0 Å². The Labute approximate surface area is 156 Å². The summed E-state index contributed by atoms with van der Waals surface area (Å²) >= 11 is 0. The molecule has 27 heavy (non-hydrogen) atoms. The molecule has 0 aromatic rings. The van der Waals surface area contributed by atoms with E-state index in [1.54, 1.807) is 0 Å². The summed E-state index contributed by atoms with van der Waals surface area (Å²) in [6, 6.07) is -3.52. The van der Waals surface area contributed by atoms with Crippen LogP contribution in [0.1, 0.15) is 39.5 Å². The van der Waals surface area contributed by atoms with E-state index in [0.29, 0.717) is 6.42 Å². The van der Waals surface area contributed by atoms with Crippen molar-refractivity contribution in [3.63, 3.8) is 0 Å². The minimum Gasteiger partial charge on any atom is -0.480 e. The third kappa shape index (κ3) is 7.60. The van der Waals surface area contributed by atoms with Gasteiger partial charge in [0, 0.05) is 6.42 Å². The zero-order valence-electron chi connectivity index (χ0n) is 15.4. The molecule has 0 saturated carbocycles. The molecule has 7 N–H and O–H groups in total. The number of carbonyl (C=O) groups excluding carboxylic acids is 4. The number of nitrogens with two attached hydrogens (primary N) is 1. The number of nitrogens with one attached hydrogen (secondary N) is 4. The summed E-state index contributed by atoms with van der Waals surface area (Å²) in [5.74, 6) is -3.58. The van der Waals surface area contributed by atoms with Crippen molar-refractivity contribution >= 4 is 29.6 Å². The fourth-order valence-electron chi connectivity index (χ4n) is 2.53. The number of carboxylic acids is 1. The number of rotatable bonds is 10.